The van der Waals surface area contributed by atoms with Gasteiger partial charge in [-0.1, -0.05) is 12.8 Å². The van der Waals surface area contributed by atoms with Crippen molar-refractivity contribution in [1.82, 2.24) is 15.1 Å². The van der Waals surface area contributed by atoms with Gasteiger partial charge in [-0.05, 0) is 39.9 Å². The second kappa shape index (κ2) is 8.15. The van der Waals surface area contributed by atoms with Crippen molar-refractivity contribution in [2.75, 3.05) is 33.7 Å². The molecule has 5 nitrogen and oxygen atoms in total. The summed E-state index contributed by atoms with van der Waals surface area (Å²) < 4.78 is 0. The third kappa shape index (κ3) is 6.05. The second-order valence-corrected chi connectivity index (χ2v) is 5.59. The molecule has 0 saturated heterocycles. The largest absolute Gasteiger partial charge is 0.355 e. The van der Waals surface area contributed by atoms with Gasteiger partial charge in [0.15, 0.2) is 0 Å². The van der Waals surface area contributed by atoms with E-state index in [-0.39, 0.29) is 24.4 Å². The lowest BCUT2D eigenvalue weighted by Gasteiger charge is -2.27. The van der Waals surface area contributed by atoms with Crippen molar-refractivity contribution in [2.45, 2.75) is 45.1 Å². The van der Waals surface area contributed by atoms with E-state index < -0.39 is 0 Å². The van der Waals surface area contributed by atoms with Crippen molar-refractivity contribution in [2.24, 2.45) is 0 Å². The first-order chi connectivity index (χ1) is 9.00. The van der Waals surface area contributed by atoms with Crippen LogP contribution >= 0.6 is 0 Å². The standard InChI is InChI=1S/C14H27N3O2/c1-12(18)17(13-7-4-5-8-13)11-14(19)15-9-6-10-16(2)3/h13H,4-11H2,1-3H3,(H,15,19). The zero-order valence-corrected chi connectivity index (χ0v) is 12.4. The molecule has 2 amide bonds. The van der Waals surface area contributed by atoms with Crippen molar-refractivity contribution in [3.05, 3.63) is 0 Å². The van der Waals surface area contributed by atoms with Gasteiger partial charge in [-0.25, -0.2) is 0 Å². The van der Waals surface area contributed by atoms with Crippen molar-refractivity contribution in [3.8, 4) is 0 Å². The fraction of sp³-hybridized carbons (Fsp3) is 0.857. The van der Waals surface area contributed by atoms with E-state index in [1.807, 2.05) is 14.1 Å². The summed E-state index contributed by atoms with van der Waals surface area (Å²) in [6.07, 6.45) is 5.33. The third-order valence-corrected chi connectivity index (χ3v) is 3.59. The average Bonchev–Trinajstić information content (AvgIpc) is 2.84. The minimum atomic E-state index is -0.0409. The van der Waals surface area contributed by atoms with E-state index in [0.29, 0.717) is 6.54 Å². The number of carbonyl (C=O) groups excluding carboxylic acids is 2. The molecule has 1 aliphatic rings. The minimum absolute atomic E-state index is 0.00958. The maximum Gasteiger partial charge on any atom is 0.239 e. The zero-order chi connectivity index (χ0) is 14.3. The number of hydrogen-bond acceptors (Lipinski definition) is 3. The van der Waals surface area contributed by atoms with Crippen LogP contribution in [0.15, 0.2) is 0 Å². The normalized spacial score (nSPS) is 15.8. The molecule has 0 aliphatic heterocycles. The number of nitrogens with one attached hydrogen (secondary N) is 1. The highest BCUT2D eigenvalue weighted by Crippen LogP contribution is 2.23. The van der Waals surface area contributed by atoms with E-state index in [1.165, 1.54) is 12.8 Å². The van der Waals surface area contributed by atoms with Crippen molar-refractivity contribution in [3.63, 3.8) is 0 Å². The highest BCUT2D eigenvalue weighted by Gasteiger charge is 2.25. The molecule has 0 bridgehead atoms. The Kier molecular flexibility index (Phi) is 6.84. The Balaban J connectivity index is 2.29. The molecule has 1 N–H and O–H groups in total. The molecule has 1 aliphatic carbocycles. The van der Waals surface area contributed by atoms with E-state index in [0.717, 1.165) is 25.8 Å². The molecule has 1 saturated carbocycles. The van der Waals surface area contributed by atoms with Crippen LogP contribution in [-0.4, -0.2) is 61.4 Å². The van der Waals surface area contributed by atoms with Gasteiger partial charge < -0.3 is 15.1 Å². The van der Waals surface area contributed by atoms with Crippen molar-refractivity contribution >= 4 is 11.8 Å². The van der Waals surface area contributed by atoms with Gasteiger partial charge in [0.25, 0.3) is 0 Å². The van der Waals surface area contributed by atoms with Crippen LogP contribution in [0.3, 0.4) is 0 Å². The molecule has 0 aromatic heterocycles. The van der Waals surface area contributed by atoms with Gasteiger partial charge in [0.05, 0.1) is 6.54 Å². The summed E-state index contributed by atoms with van der Waals surface area (Å²) in [7, 11) is 4.03. The molecule has 0 heterocycles. The van der Waals surface area contributed by atoms with Crippen LogP contribution in [0.1, 0.15) is 39.0 Å². The van der Waals surface area contributed by atoms with Gasteiger partial charge in [0.1, 0.15) is 0 Å². The van der Waals surface area contributed by atoms with Crippen LogP contribution in [-0.2, 0) is 9.59 Å². The molecule has 110 valence electrons. The van der Waals surface area contributed by atoms with Gasteiger partial charge in [0.2, 0.25) is 11.8 Å². The maximum atomic E-state index is 11.8. The summed E-state index contributed by atoms with van der Waals surface area (Å²) >= 11 is 0. The summed E-state index contributed by atoms with van der Waals surface area (Å²) in [5.41, 5.74) is 0. The summed E-state index contributed by atoms with van der Waals surface area (Å²) in [6.45, 7) is 3.40. The van der Waals surface area contributed by atoms with E-state index in [4.69, 9.17) is 0 Å². The zero-order valence-electron chi connectivity index (χ0n) is 12.4. The number of hydrogen-bond donors (Lipinski definition) is 1. The first kappa shape index (κ1) is 16.0. The molecule has 0 atom stereocenters. The fourth-order valence-electron chi connectivity index (χ4n) is 2.55. The van der Waals surface area contributed by atoms with Crippen LogP contribution in [0.2, 0.25) is 0 Å². The fourth-order valence-corrected chi connectivity index (χ4v) is 2.55. The first-order valence-electron chi connectivity index (χ1n) is 7.19. The summed E-state index contributed by atoms with van der Waals surface area (Å²) in [5.74, 6) is -0.0313. The van der Waals surface area contributed by atoms with Crippen LogP contribution in [0.4, 0.5) is 0 Å². The van der Waals surface area contributed by atoms with Crippen molar-refractivity contribution < 1.29 is 9.59 Å². The van der Waals surface area contributed by atoms with E-state index >= 15 is 0 Å². The second-order valence-electron chi connectivity index (χ2n) is 5.59. The Morgan fingerprint density at radius 3 is 2.37 bits per heavy atom. The topological polar surface area (TPSA) is 52.7 Å². The lowest BCUT2D eigenvalue weighted by Crippen LogP contribution is -2.44. The predicted molar refractivity (Wildman–Crippen MR) is 75.8 cm³/mol. The molecule has 1 rings (SSSR count). The molecular weight excluding hydrogens is 242 g/mol. The maximum absolute atomic E-state index is 11.8. The summed E-state index contributed by atoms with van der Waals surface area (Å²) in [4.78, 5) is 27.3. The number of amides is 2. The minimum Gasteiger partial charge on any atom is -0.355 e. The highest BCUT2D eigenvalue weighted by molar-refractivity contribution is 5.83. The quantitative estimate of drug-likeness (QED) is 0.697. The number of rotatable bonds is 7. The SMILES string of the molecule is CC(=O)N(CC(=O)NCCCN(C)C)C1CCCC1. The molecular formula is C14H27N3O2. The Labute approximate surface area is 116 Å². The van der Waals surface area contributed by atoms with Gasteiger partial charge in [-0.2, -0.15) is 0 Å². The van der Waals surface area contributed by atoms with E-state index in [9.17, 15) is 9.59 Å². The van der Waals surface area contributed by atoms with Gasteiger partial charge in [-0.3, -0.25) is 9.59 Å². The third-order valence-electron chi connectivity index (χ3n) is 3.59. The van der Waals surface area contributed by atoms with Gasteiger partial charge in [-0.15, -0.1) is 0 Å². The Hall–Kier alpha value is -1.10. The van der Waals surface area contributed by atoms with Crippen LogP contribution in [0.25, 0.3) is 0 Å². The lowest BCUT2D eigenvalue weighted by atomic mass is 10.2. The van der Waals surface area contributed by atoms with Gasteiger partial charge >= 0.3 is 0 Å². The molecule has 0 unspecified atom stereocenters. The summed E-state index contributed by atoms with van der Waals surface area (Å²) in [6, 6.07) is 0.269. The molecule has 0 aromatic rings. The Bertz CT molecular complexity index is 299. The molecule has 1 fully saturated rings. The smallest absolute Gasteiger partial charge is 0.239 e. The average molecular weight is 269 g/mol. The van der Waals surface area contributed by atoms with Crippen LogP contribution < -0.4 is 5.32 Å². The van der Waals surface area contributed by atoms with Crippen LogP contribution in [0, 0.1) is 0 Å². The first-order valence-corrected chi connectivity index (χ1v) is 7.19. The monoisotopic (exact) mass is 269 g/mol. The molecule has 0 aromatic carbocycles. The predicted octanol–water partition coefficient (Wildman–Crippen LogP) is 0.845. The van der Waals surface area contributed by atoms with Crippen LogP contribution in [0.5, 0.6) is 0 Å². The Morgan fingerprint density at radius 1 is 1.21 bits per heavy atom. The molecule has 5 heteroatoms. The van der Waals surface area contributed by atoms with E-state index in [1.54, 1.807) is 11.8 Å². The lowest BCUT2D eigenvalue weighted by molar-refractivity contribution is -0.136. The molecule has 0 radical (unpaired) electrons. The molecule has 19 heavy (non-hydrogen) atoms. The van der Waals surface area contributed by atoms with Gasteiger partial charge in [0, 0.05) is 19.5 Å². The number of nitrogens with zero attached hydrogens (tertiary/aromatic N) is 2. The molecule has 0 spiro atoms. The highest BCUT2D eigenvalue weighted by atomic mass is 16.2. The number of carbonyl (C=O) groups is 2. The summed E-state index contributed by atoms with van der Waals surface area (Å²) in [5, 5.41) is 2.89. The van der Waals surface area contributed by atoms with Crippen molar-refractivity contribution in [1.29, 1.82) is 0 Å². The van der Waals surface area contributed by atoms with E-state index in [2.05, 4.69) is 10.2 Å². The Morgan fingerprint density at radius 2 is 1.84 bits per heavy atom.